The lowest BCUT2D eigenvalue weighted by Gasteiger charge is -2.08. The molecule has 0 aromatic heterocycles. The van der Waals surface area contributed by atoms with Crippen molar-refractivity contribution in [3.63, 3.8) is 0 Å². The monoisotopic (exact) mass is 288 g/mol. The number of hydrogen-bond donors (Lipinski definition) is 1. The Morgan fingerprint density at radius 2 is 1.95 bits per heavy atom. The topological polar surface area (TPSA) is 37.3 Å². The molecule has 0 bridgehead atoms. The van der Waals surface area contributed by atoms with E-state index in [1.54, 1.807) is 6.07 Å². The summed E-state index contributed by atoms with van der Waals surface area (Å²) in [7, 11) is 0. The molecule has 3 rings (SSSR count). The fourth-order valence-corrected chi connectivity index (χ4v) is 3.56. The van der Waals surface area contributed by atoms with Crippen LogP contribution in [-0.2, 0) is 12.8 Å². The summed E-state index contributed by atoms with van der Waals surface area (Å²) in [6.45, 7) is 0. The van der Waals surface area contributed by atoms with Crippen molar-refractivity contribution in [3.8, 4) is 0 Å². The lowest BCUT2D eigenvalue weighted by Crippen LogP contribution is -2.02. The number of aromatic carboxylic acids is 1. The minimum absolute atomic E-state index is 0.252. The molecule has 0 spiro atoms. The second kappa shape index (κ2) is 5.29. The van der Waals surface area contributed by atoms with E-state index in [0.29, 0.717) is 4.90 Å². The molecule has 0 unspecified atom stereocenters. The highest BCUT2D eigenvalue weighted by molar-refractivity contribution is 7.99. The summed E-state index contributed by atoms with van der Waals surface area (Å²) in [5.74, 6) is -1.92. The molecule has 102 valence electrons. The van der Waals surface area contributed by atoms with E-state index in [1.807, 2.05) is 6.07 Å². The van der Waals surface area contributed by atoms with E-state index >= 15 is 0 Å². The summed E-state index contributed by atoms with van der Waals surface area (Å²) in [5, 5.41) is 9.13. The third kappa shape index (κ3) is 2.43. The van der Waals surface area contributed by atoms with Crippen LogP contribution in [0.4, 0.5) is 4.39 Å². The highest BCUT2D eigenvalue weighted by atomic mass is 32.2. The molecule has 1 N–H and O–H groups in total. The van der Waals surface area contributed by atoms with Crippen LogP contribution in [0.25, 0.3) is 0 Å². The van der Waals surface area contributed by atoms with Crippen molar-refractivity contribution in [2.45, 2.75) is 29.1 Å². The second-order valence-corrected chi connectivity index (χ2v) is 5.92. The first kappa shape index (κ1) is 13.2. The fraction of sp³-hybridized carbons (Fsp3) is 0.188. The second-order valence-electron chi connectivity index (χ2n) is 4.80. The number of aryl methyl sites for hydroxylation is 2. The lowest BCUT2D eigenvalue weighted by atomic mass is 10.1. The number of carbonyl (C=O) groups is 1. The molecule has 20 heavy (non-hydrogen) atoms. The van der Waals surface area contributed by atoms with Gasteiger partial charge >= 0.3 is 5.97 Å². The maximum Gasteiger partial charge on any atom is 0.339 e. The zero-order chi connectivity index (χ0) is 14.1. The number of halogens is 1. The molecule has 2 aromatic carbocycles. The van der Waals surface area contributed by atoms with Gasteiger partial charge in [-0.3, -0.25) is 0 Å². The van der Waals surface area contributed by atoms with E-state index in [0.717, 1.165) is 17.7 Å². The van der Waals surface area contributed by atoms with Gasteiger partial charge in [-0.2, -0.15) is 0 Å². The third-order valence-electron chi connectivity index (χ3n) is 3.49. The molecule has 0 radical (unpaired) electrons. The van der Waals surface area contributed by atoms with E-state index in [2.05, 4.69) is 12.1 Å². The molecule has 0 atom stereocenters. The molecule has 0 aliphatic heterocycles. The minimum Gasteiger partial charge on any atom is -0.478 e. The van der Waals surface area contributed by atoms with Gasteiger partial charge in [-0.05, 0) is 54.7 Å². The number of carboxylic acids is 1. The van der Waals surface area contributed by atoms with Gasteiger partial charge in [0.15, 0.2) is 0 Å². The normalized spacial score (nSPS) is 13.2. The Labute approximate surface area is 120 Å². The van der Waals surface area contributed by atoms with Crippen LogP contribution in [0, 0.1) is 5.82 Å². The maximum atomic E-state index is 13.6. The number of hydrogen-bond acceptors (Lipinski definition) is 2. The van der Waals surface area contributed by atoms with Gasteiger partial charge in [-0.1, -0.05) is 23.9 Å². The number of rotatable bonds is 3. The van der Waals surface area contributed by atoms with Crippen LogP contribution in [0.15, 0.2) is 46.2 Å². The van der Waals surface area contributed by atoms with Crippen molar-refractivity contribution in [2.24, 2.45) is 0 Å². The molecular weight excluding hydrogens is 275 g/mol. The van der Waals surface area contributed by atoms with Gasteiger partial charge in [-0.15, -0.1) is 0 Å². The quantitative estimate of drug-likeness (QED) is 0.921. The average molecular weight is 288 g/mol. The predicted octanol–water partition coefficient (Wildman–Crippen LogP) is 4.16. The first-order valence-corrected chi connectivity index (χ1v) is 7.28. The molecule has 0 amide bonds. The van der Waals surface area contributed by atoms with Gasteiger partial charge in [0, 0.05) is 9.79 Å². The van der Waals surface area contributed by atoms with E-state index in [4.69, 9.17) is 5.11 Å². The Morgan fingerprint density at radius 1 is 1.15 bits per heavy atom. The molecule has 0 heterocycles. The van der Waals surface area contributed by atoms with Gasteiger partial charge in [0.05, 0.1) is 0 Å². The summed E-state index contributed by atoms with van der Waals surface area (Å²) >= 11 is 1.30. The molecule has 2 aromatic rings. The van der Waals surface area contributed by atoms with Crippen LogP contribution in [-0.4, -0.2) is 11.1 Å². The van der Waals surface area contributed by atoms with E-state index < -0.39 is 11.8 Å². The average Bonchev–Trinajstić information content (AvgIpc) is 2.85. The molecule has 0 saturated heterocycles. The van der Waals surface area contributed by atoms with Crippen LogP contribution in [0.5, 0.6) is 0 Å². The number of carboxylic acid groups (broad SMARTS) is 1. The summed E-state index contributed by atoms with van der Waals surface area (Å²) < 4.78 is 13.6. The lowest BCUT2D eigenvalue weighted by molar-refractivity contribution is 0.0688. The Kier molecular flexibility index (Phi) is 3.49. The Morgan fingerprint density at radius 3 is 2.75 bits per heavy atom. The zero-order valence-electron chi connectivity index (χ0n) is 10.7. The predicted molar refractivity (Wildman–Crippen MR) is 75.9 cm³/mol. The molecule has 0 saturated carbocycles. The fourth-order valence-electron chi connectivity index (χ4n) is 2.54. The molecule has 1 aliphatic carbocycles. The zero-order valence-corrected chi connectivity index (χ0v) is 11.5. The number of benzene rings is 2. The Hall–Kier alpha value is -1.81. The summed E-state index contributed by atoms with van der Waals surface area (Å²) in [5.41, 5.74) is 2.44. The van der Waals surface area contributed by atoms with Crippen LogP contribution < -0.4 is 0 Å². The molecule has 1 aliphatic rings. The first-order chi connectivity index (χ1) is 9.65. The molecule has 2 nitrogen and oxygen atoms in total. The van der Waals surface area contributed by atoms with Gasteiger partial charge in [-0.25, -0.2) is 9.18 Å². The maximum absolute atomic E-state index is 13.6. The summed E-state index contributed by atoms with van der Waals surface area (Å²) in [6, 6.07) is 10.5. The highest BCUT2D eigenvalue weighted by Crippen LogP contribution is 2.34. The summed E-state index contributed by atoms with van der Waals surface area (Å²) in [4.78, 5) is 12.6. The van der Waals surface area contributed by atoms with Crippen molar-refractivity contribution >= 4 is 17.7 Å². The summed E-state index contributed by atoms with van der Waals surface area (Å²) in [6.07, 6.45) is 3.35. The van der Waals surface area contributed by atoms with E-state index in [-0.39, 0.29) is 5.56 Å². The van der Waals surface area contributed by atoms with Gasteiger partial charge < -0.3 is 5.11 Å². The molecule has 0 fully saturated rings. The van der Waals surface area contributed by atoms with Crippen LogP contribution in [0.1, 0.15) is 27.9 Å². The minimum atomic E-state index is -1.23. The first-order valence-electron chi connectivity index (χ1n) is 6.46. The van der Waals surface area contributed by atoms with Crippen LogP contribution in [0.2, 0.25) is 0 Å². The van der Waals surface area contributed by atoms with Crippen LogP contribution in [0.3, 0.4) is 0 Å². The van der Waals surface area contributed by atoms with Crippen molar-refractivity contribution in [2.75, 3.05) is 0 Å². The SMILES string of the molecule is O=C(O)c1c(F)cccc1Sc1ccc2c(c1)CCC2. The van der Waals surface area contributed by atoms with Crippen molar-refractivity contribution in [1.29, 1.82) is 0 Å². The van der Waals surface area contributed by atoms with Crippen LogP contribution >= 0.6 is 11.8 Å². The van der Waals surface area contributed by atoms with E-state index in [9.17, 15) is 9.18 Å². The van der Waals surface area contributed by atoms with Gasteiger partial charge in [0.1, 0.15) is 11.4 Å². The largest absolute Gasteiger partial charge is 0.478 e. The highest BCUT2D eigenvalue weighted by Gasteiger charge is 2.17. The Bertz CT molecular complexity index is 682. The van der Waals surface area contributed by atoms with E-state index in [1.165, 1.54) is 41.4 Å². The smallest absolute Gasteiger partial charge is 0.339 e. The van der Waals surface area contributed by atoms with Crippen molar-refractivity contribution < 1.29 is 14.3 Å². The standard InChI is InChI=1S/C16H13FO2S/c17-13-5-2-6-14(15(13)16(18)19)20-12-8-7-10-3-1-4-11(10)9-12/h2,5-9H,1,3-4H2,(H,18,19). The van der Waals surface area contributed by atoms with Gasteiger partial charge in [0.25, 0.3) is 0 Å². The Balaban J connectivity index is 1.95. The number of fused-ring (bicyclic) bond motifs is 1. The van der Waals surface area contributed by atoms with Gasteiger partial charge in [0.2, 0.25) is 0 Å². The molecule has 4 heteroatoms. The van der Waals surface area contributed by atoms with Crippen molar-refractivity contribution in [3.05, 3.63) is 58.9 Å². The molecular formula is C16H13FO2S. The third-order valence-corrected chi connectivity index (χ3v) is 4.54. The van der Waals surface area contributed by atoms with Crippen molar-refractivity contribution in [1.82, 2.24) is 0 Å².